The first-order chi connectivity index (χ1) is 11.6. The van der Waals surface area contributed by atoms with E-state index in [2.05, 4.69) is 15.1 Å². The molecule has 1 atom stereocenters. The minimum absolute atomic E-state index is 0.0611. The predicted molar refractivity (Wildman–Crippen MR) is 93.7 cm³/mol. The van der Waals surface area contributed by atoms with Crippen LogP contribution in [0.25, 0.3) is 0 Å². The lowest BCUT2D eigenvalue weighted by molar-refractivity contribution is -0.133. The highest BCUT2D eigenvalue weighted by Gasteiger charge is 2.30. The van der Waals surface area contributed by atoms with Crippen LogP contribution in [0.15, 0.2) is 0 Å². The zero-order valence-corrected chi connectivity index (χ0v) is 15.0. The minimum Gasteiger partial charge on any atom is -0.352 e. The third-order valence-corrected chi connectivity index (χ3v) is 5.58. The van der Waals surface area contributed by atoms with E-state index >= 15 is 0 Å². The van der Waals surface area contributed by atoms with Crippen molar-refractivity contribution in [1.29, 1.82) is 0 Å². The molecule has 6 nitrogen and oxygen atoms in total. The molecule has 136 valence electrons. The minimum atomic E-state index is -0.0611. The Balaban J connectivity index is 1.39. The zero-order chi connectivity index (χ0) is 16.9. The fourth-order valence-corrected chi connectivity index (χ4v) is 3.64. The molecule has 6 heteroatoms. The van der Waals surface area contributed by atoms with Gasteiger partial charge in [-0.1, -0.05) is 12.8 Å². The maximum absolute atomic E-state index is 12.5. The van der Waals surface area contributed by atoms with Crippen molar-refractivity contribution in [2.45, 2.75) is 57.5 Å². The summed E-state index contributed by atoms with van der Waals surface area (Å²) in [7, 11) is 0. The molecule has 1 saturated carbocycles. The average Bonchev–Trinajstić information content (AvgIpc) is 3.41. The number of hydrogen-bond donors (Lipinski definition) is 1. The molecule has 0 spiro atoms. The van der Waals surface area contributed by atoms with Crippen molar-refractivity contribution in [3.8, 4) is 0 Å². The molecule has 1 unspecified atom stereocenters. The summed E-state index contributed by atoms with van der Waals surface area (Å²) in [4.78, 5) is 31.2. The van der Waals surface area contributed by atoms with Gasteiger partial charge in [-0.3, -0.25) is 19.4 Å². The van der Waals surface area contributed by atoms with E-state index in [-0.39, 0.29) is 17.9 Å². The van der Waals surface area contributed by atoms with Crippen molar-refractivity contribution < 1.29 is 9.59 Å². The van der Waals surface area contributed by atoms with Gasteiger partial charge >= 0.3 is 0 Å². The van der Waals surface area contributed by atoms with Gasteiger partial charge in [0.15, 0.2) is 0 Å². The SMILES string of the molecule is CC(C(=O)NC1CC1)N1CCN(CC(=O)N2CCCCCC2)CC1. The monoisotopic (exact) mass is 336 g/mol. The lowest BCUT2D eigenvalue weighted by Gasteiger charge is -2.37. The highest BCUT2D eigenvalue weighted by Crippen LogP contribution is 2.19. The molecule has 1 N–H and O–H groups in total. The molecule has 0 aromatic carbocycles. The topological polar surface area (TPSA) is 55.9 Å². The third-order valence-electron chi connectivity index (χ3n) is 5.58. The van der Waals surface area contributed by atoms with Gasteiger partial charge in [-0.15, -0.1) is 0 Å². The molecule has 0 aromatic heterocycles. The zero-order valence-electron chi connectivity index (χ0n) is 15.0. The van der Waals surface area contributed by atoms with Crippen LogP contribution in [0.5, 0.6) is 0 Å². The Morgan fingerprint density at radius 3 is 2.17 bits per heavy atom. The standard InChI is InChI=1S/C18H32N4O2/c1-15(18(24)19-16-6-7-16)21-12-10-20(11-13-21)14-17(23)22-8-4-2-3-5-9-22/h15-16H,2-14H2,1H3,(H,19,24). The second kappa shape index (κ2) is 8.30. The third kappa shape index (κ3) is 4.93. The van der Waals surface area contributed by atoms with Crippen molar-refractivity contribution in [3.05, 3.63) is 0 Å². The predicted octanol–water partition coefficient (Wildman–Crippen LogP) is 0.674. The van der Waals surface area contributed by atoms with Crippen LogP contribution in [0.3, 0.4) is 0 Å². The molecule has 0 radical (unpaired) electrons. The normalized spacial score (nSPS) is 25.1. The van der Waals surface area contributed by atoms with Gasteiger partial charge in [0.05, 0.1) is 12.6 Å². The lowest BCUT2D eigenvalue weighted by atomic mass is 10.2. The summed E-state index contributed by atoms with van der Waals surface area (Å²) >= 11 is 0. The largest absolute Gasteiger partial charge is 0.352 e. The molecule has 0 aromatic rings. The molecule has 3 rings (SSSR count). The second-order valence-corrected chi connectivity index (χ2v) is 7.57. The fraction of sp³-hybridized carbons (Fsp3) is 0.889. The van der Waals surface area contributed by atoms with Gasteiger partial charge in [-0.2, -0.15) is 0 Å². The molecule has 24 heavy (non-hydrogen) atoms. The van der Waals surface area contributed by atoms with Gasteiger partial charge in [0.1, 0.15) is 0 Å². The summed E-state index contributed by atoms with van der Waals surface area (Å²) in [6.45, 7) is 7.88. The van der Waals surface area contributed by atoms with Gasteiger partial charge in [-0.25, -0.2) is 0 Å². The van der Waals surface area contributed by atoms with E-state index in [0.717, 1.165) is 65.0 Å². The van der Waals surface area contributed by atoms with Gasteiger partial charge in [0, 0.05) is 45.3 Å². The van der Waals surface area contributed by atoms with Gasteiger partial charge < -0.3 is 10.2 Å². The Hall–Kier alpha value is -1.14. The van der Waals surface area contributed by atoms with E-state index in [0.29, 0.717) is 12.6 Å². The molecule has 2 saturated heterocycles. The molecule has 2 aliphatic heterocycles. The van der Waals surface area contributed by atoms with Crippen molar-refractivity contribution in [2.75, 3.05) is 45.8 Å². The summed E-state index contributed by atoms with van der Waals surface area (Å²) < 4.78 is 0. The number of amides is 2. The Morgan fingerprint density at radius 1 is 0.958 bits per heavy atom. The van der Waals surface area contributed by atoms with Crippen LogP contribution < -0.4 is 5.32 Å². The van der Waals surface area contributed by atoms with Gasteiger partial charge in [-0.05, 0) is 32.6 Å². The highest BCUT2D eigenvalue weighted by atomic mass is 16.2. The summed E-state index contributed by atoms with van der Waals surface area (Å²) in [6, 6.07) is 0.363. The number of piperazine rings is 1. The number of hydrogen-bond acceptors (Lipinski definition) is 4. The Bertz CT molecular complexity index is 436. The first kappa shape index (κ1) is 17.7. The van der Waals surface area contributed by atoms with Crippen molar-refractivity contribution in [1.82, 2.24) is 20.0 Å². The molecule has 2 heterocycles. The molecule has 3 fully saturated rings. The maximum Gasteiger partial charge on any atom is 0.237 e. The van der Waals surface area contributed by atoms with E-state index in [1.165, 1.54) is 12.8 Å². The molecular formula is C18H32N4O2. The lowest BCUT2D eigenvalue weighted by Crippen LogP contribution is -2.55. The Morgan fingerprint density at radius 2 is 1.58 bits per heavy atom. The fourth-order valence-electron chi connectivity index (χ4n) is 3.64. The van der Waals surface area contributed by atoms with Crippen LogP contribution in [-0.4, -0.2) is 84.4 Å². The van der Waals surface area contributed by atoms with Crippen molar-refractivity contribution in [3.63, 3.8) is 0 Å². The van der Waals surface area contributed by atoms with E-state index < -0.39 is 0 Å². The number of nitrogens with zero attached hydrogens (tertiary/aromatic N) is 3. The maximum atomic E-state index is 12.5. The number of carbonyl (C=O) groups is 2. The molecule has 0 bridgehead atoms. The van der Waals surface area contributed by atoms with Gasteiger partial charge in [0.25, 0.3) is 0 Å². The summed E-state index contributed by atoms with van der Waals surface area (Å²) in [5.74, 6) is 0.441. The van der Waals surface area contributed by atoms with Crippen LogP contribution in [-0.2, 0) is 9.59 Å². The van der Waals surface area contributed by atoms with E-state index in [1.807, 2.05) is 11.8 Å². The second-order valence-electron chi connectivity index (χ2n) is 7.57. The van der Waals surface area contributed by atoms with Crippen molar-refractivity contribution in [2.24, 2.45) is 0 Å². The first-order valence-electron chi connectivity index (χ1n) is 9.68. The highest BCUT2D eigenvalue weighted by molar-refractivity contribution is 5.82. The van der Waals surface area contributed by atoms with Crippen LogP contribution in [0, 0.1) is 0 Å². The quantitative estimate of drug-likeness (QED) is 0.802. The number of likely N-dealkylation sites (tertiary alicyclic amines) is 1. The van der Waals surface area contributed by atoms with Crippen LogP contribution in [0.2, 0.25) is 0 Å². The molecular weight excluding hydrogens is 304 g/mol. The van der Waals surface area contributed by atoms with Crippen LogP contribution >= 0.6 is 0 Å². The Labute approximate surface area is 145 Å². The molecule has 1 aliphatic carbocycles. The van der Waals surface area contributed by atoms with Crippen molar-refractivity contribution >= 4 is 11.8 Å². The average molecular weight is 336 g/mol. The number of rotatable bonds is 5. The number of carbonyl (C=O) groups excluding carboxylic acids is 2. The van der Waals surface area contributed by atoms with E-state index in [9.17, 15) is 9.59 Å². The smallest absolute Gasteiger partial charge is 0.237 e. The Kier molecular flexibility index (Phi) is 6.11. The van der Waals surface area contributed by atoms with E-state index in [4.69, 9.17) is 0 Å². The van der Waals surface area contributed by atoms with E-state index in [1.54, 1.807) is 0 Å². The number of nitrogens with one attached hydrogen (secondary N) is 1. The molecule has 2 amide bonds. The summed E-state index contributed by atoms with van der Waals surface area (Å²) in [6.07, 6.45) is 7.06. The van der Waals surface area contributed by atoms with Crippen LogP contribution in [0.4, 0.5) is 0 Å². The summed E-state index contributed by atoms with van der Waals surface area (Å²) in [5, 5.41) is 3.09. The van der Waals surface area contributed by atoms with Crippen LogP contribution in [0.1, 0.15) is 45.4 Å². The summed E-state index contributed by atoms with van der Waals surface area (Å²) in [5.41, 5.74) is 0. The molecule has 3 aliphatic rings. The first-order valence-corrected chi connectivity index (χ1v) is 9.68. The van der Waals surface area contributed by atoms with Gasteiger partial charge in [0.2, 0.25) is 11.8 Å².